The van der Waals surface area contributed by atoms with Crippen LogP contribution in [0.4, 0.5) is 4.39 Å². The zero-order valence-corrected chi connectivity index (χ0v) is 11.9. The van der Waals surface area contributed by atoms with Crippen molar-refractivity contribution in [3.05, 3.63) is 40.2 Å². The number of hydrogen-bond acceptors (Lipinski definition) is 4. The summed E-state index contributed by atoms with van der Waals surface area (Å²) < 4.78 is 14.7. The summed E-state index contributed by atoms with van der Waals surface area (Å²) in [5.74, 6) is -5.09. The number of carboxylic acids is 2. The van der Waals surface area contributed by atoms with E-state index < -0.39 is 29.6 Å². The Kier molecular flexibility index (Phi) is 3.59. The molecule has 0 spiro atoms. The van der Waals surface area contributed by atoms with Gasteiger partial charge in [0.2, 0.25) is 0 Å². The Morgan fingerprint density at radius 2 is 2.04 bits per heavy atom. The van der Waals surface area contributed by atoms with Crippen LogP contribution in [0.2, 0.25) is 0 Å². The van der Waals surface area contributed by atoms with Crippen LogP contribution in [0.5, 0.6) is 0 Å². The standard InChI is InChI=1S/C15H13FN2O5/c16-8-1-2-9-11(6-8)17-12-7(3-4-18(12)13(9)19)5-10(14(20)21)15(22)23/h1-2,6-7,10H,3-5H2,(H,20,21)(H,22,23). The first-order valence-corrected chi connectivity index (χ1v) is 7.04. The Hall–Kier alpha value is -2.77. The number of benzene rings is 1. The summed E-state index contributed by atoms with van der Waals surface area (Å²) in [6.45, 7) is 0.338. The summed E-state index contributed by atoms with van der Waals surface area (Å²) in [5.41, 5.74) is -0.134. The number of aliphatic carboxylic acids is 2. The Labute approximate surface area is 129 Å². The van der Waals surface area contributed by atoms with Crippen LogP contribution in [0.1, 0.15) is 24.6 Å². The van der Waals surface area contributed by atoms with E-state index in [0.29, 0.717) is 18.8 Å². The average molecular weight is 320 g/mol. The molecule has 0 amide bonds. The first-order valence-electron chi connectivity index (χ1n) is 7.04. The van der Waals surface area contributed by atoms with E-state index >= 15 is 0 Å². The number of hydrogen-bond donors (Lipinski definition) is 2. The van der Waals surface area contributed by atoms with E-state index in [9.17, 15) is 18.8 Å². The molecular weight excluding hydrogens is 307 g/mol. The molecule has 0 bridgehead atoms. The summed E-state index contributed by atoms with van der Waals surface area (Å²) in [7, 11) is 0. The topological polar surface area (TPSA) is 109 Å². The molecule has 1 aromatic carbocycles. The molecule has 1 aliphatic rings. The van der Waals surface area contributed by atoms with Crippen LogP contribution in [-0.2, 0) is 16.1 Å². The second kappa shape index (κ2) is 5.45. The molecule has 7 nitrogen and oxygen atoms in total. The normalized spacial score (nSPS) is 16.7. The lowest BCUT2D eigenvalue weighted by Crippen LogP contribution is -2.26. The van der Waals surface area contributed by atoms with Gasteiger partial charge in [-0.1, -0.05) is 0 Å². The fourth-order valence-corrected chi connectivity index (χ4v) is 2.97. The molecule has 2 heterocycles. The quantitative estimate of drug-likeness (QED) is 0.819. The molecule has 120 valence electrons. The maximum atomic E-state index is 13.3. The monoisotopic (exact) mass is 320 g/mol. The maximum Gasteiger partial charge on any atom is 0.317 e. The number of aromatic nitrogens is 2. The smallest absolute Gasteiger partial charge is 0.317 e. The molecule has 8 heteroatoms. The molecule has 2 aromatic rings. The number of rotatable bonds is 4. The molecule has 0 fully saturated rings. The van der Waals surface area contributed by atoms with Crippen molar-refractivity contribution in [2.24, 2.45) is 5.92 Å². The van der Waals surface area contributed by atoms with Crippen LogP contribution in [0.3, 0.4) is 0 Å². The molecule has 1 aliphatic heterocycles. The third-order valence-corrected chi connectivity index (χ3v) is 4.13. The van der Waals surface area contributed by atoms with Gasteiger partial charge in [0, 0.05) is 18.5 Å². The lowest BCUT2D eigenvalue weighted by atomic mass is 9.93. The Bertz CT molecular complexity index is 862. The molecule has 3 rings (SSSR count). The van der Waals surface area contributed by atoms with E-state index in [-0.39, 0.29) is 22.9 Å². The van der Waals surface area contributed by atoms with Crippen LogP contribution in [0, 0.1) is 11.7 Å². The van der Waals surface area contributed by atoms with Gasteiger partial charge in [-0.2, -0.15) is 0 Å². The second-order valence-electron chi connectivity index (χ2n) is 5.54. The molecule has 0 radical (unpaired) electrons. The fourth-order valence-electron chi connectivity index (χ4n) is 2.97. The fraction of sp³-hybridized carbons (Fsp3) is 0.333. The number of halogens is 1. The highest BCUT2D eigenvalue weighted by atomic mass is 19.1. The molecule has 23 heavy (non-hydrogen) atoms. The number of carbonyl (C=O) groups is 2. The summed E-state index contributed by atoms with van der Waals surface area (Å²) in [5, 5.41) is 18.3. The van der Waals surface area contributed by atoms with Gasteiger partial charge in [-0.15, -0.1) is 0 Å². The maximum absolute atomic E-state index is 13.3. The van der Waals surface area contributed by atoms with Crippen molar-refractivity contribution in [2.45, 2.75) is 25.3 Å². The summed E-state index contributed by atoms with van der Waals surface area (Å²) in [6.07, 6.45) is 0.274. The molecule has 0 saturated heterocycles. The predicted molar refractivity (Wildman–Crippen MR) is 76.7 cm³/mol. The van der Waals surface area contributed by atoms with Crippen molar-refractivity contribution < 1.29 is 24.2 Å². The van der Waals surface area contributed by atoms with Crippen molar-refractivity contribution in [3.63, 3.8) is 0 Å². The lowest BCUT2D eigenvalue weighted by Gasteiger charge is -2.14. The number of fused-ring (bicyclic) bond motifs is 2. The number of carboxylic acid groups (broad SMARTS) is 2. The van der Waals surface area contributed by atoms with Crippen molar-refractivity contribution in [2.75, 3.05) is 0 Å². The van der Waals surface area contributed by atoms with Gasteiger partial charge in [-0.05, 0) is 25.0 Å². The highest BCUT2D eigenvalue weighted by molar-refractivity contribution is 5.92. The zero-order chi connectivity index (χ0) is 16.7. The molecule has 0 saturated carbocycles. The van der Waals surface area contributed by atoms with E-state index in [2.05, 4.69) is 4.98 Å². The largest absolute Gasteiger partial charge is 0.481 e. The molecule has 2 N–H and O–H groups in total. The van der Waals surface area contributed by atoms with Gasteiger partial charge in [0.05, 0.1) is 10.9 Å². The Balaban J connectivity index is 2.05. The summed E-state index contributed by atoms with van der Waals surface area (Å²) in [6, 6.07) is 3.67. The van der Waals surface area contributed by atoms with Crippen LogP contribution < -0.4 is 5.56 Å². The number of nitrogens with zero attached hydrogens (tertiary/aromatic N) is 2. The van der Waals surface area contributed by atoms with Crippen molar-refractivity contribution in [1.29, 1.82) is 0 Å². The van der Waals surface area contributed by atoms with Crippen molar-refractivity contribution in [3.8, 4) is 0 Å². The minimum Gasteiger partial charge on any atom is -0.481 e. The van der Waals surface area contributed by atoms with Gasteiger partial charge in [0.1, 0.15) is 11.6 Å². The third kappa shape index (κ3) is 2.56. The van der Waals surface area contributed by atoms with Crippen LogP contribution in [-0.4, -0.2) is 31.7 Å². The SMILES string of the molecule is O=C(O)C(CC1CCn2c1nc1cc(F)ccc1c2=O)C(=O)O. The molecule has 1 aromatic heterocycles. The van der Waals surface area contributed by atoms with E-state index in [1.807, 2.05) is 0 Å². The highest BCUT2D eigenvalue weighted by Crippen LogP contribution is 2.32. The molecule has 1 unspecified atom stereocenters. The lowest BCUT2D eigenvalue weighted by molar-refractivity contribution is -0.155. The van der Waals surface area contributed by atoms with Crippen LogP contribution in [0.15, 0.2) is 23.0 Å². The molecular formula is C15H13FN2O5. The van der Waals surface area contributed by atoms with Gasteiger partial charge in [-0.25, -0.2) is 9.37 Å². The van der Waals surface area contributed by atoms with Gasteiger partial charge in [0.15, 0.2) is 5.92 Å². The highest BCUT2D eigenvalue weighted by Gasteiger charge is 2.34. The minimum atomic E-state index is -1.56. The van der Waals surface area contributed by atoms with Gasteiger partial charge in [-0.3, -0.25) is 19.0 Å². The predicted octanol–water partition coefficient (Wildman–Crippen LogP) is 1.20. The van der Waals surface area contributed by atoms with E-state index in [4.69, 9.17) is 10.2 Å². The second-order valence-corrected chi connectivity index (χ2v) is 5.54. The van der Waals surface area contributed by atoms with Crippen molar-refractivity contribution in [1.82, 2.24) is 9.55 Å². The minimum absolute atomic E-state index is 0.155. The first-order chi connectivity index (χ1) is 10.9. The average Bonchev–Trinajstić information content (AvgIpc) is 2.87. The van der Waals surface area contributed by atoms with E-state index in [1.54, 1.807) is 0 Å². The van der Waals surface area contributed by atoms with Crippen molar-refractivity contribution >= 4 is 22.8 Å². The van der Waals surface area contributed by atoms with E-state index in [0.717, 1.165) is 6.07 Å². The van der Waals surface area contributed by atoms with E-state index in [1.165, 1.54) is 16.7 Å². The molecule has 1 atom stereocenters. The van der Waals surface area contributed by atoms with Gasteiger partial charge >= 0.3 is 11.9 Å². The zero-order valence-electron chi connectivity index (χ0n) is 11.9. The molecule has 0 aliphatic carbocycles. The third-order valence-electron chi connectivity index (χ3n) is 4.13. The Morgan fingerprint density at radius 1 is 1.35 bits per heavy atom. The van der Waals surface area contributed by atoms with Gasteiger partial charge < -0.3 is 10.2 Å². The van der Waals surface area contributed by atoms with Gasteiger partial charge in [0.25, 0.3) is 5.56 Å². The van der Waals surface area contributed by atoms with Crippen LogP contribution >= 0.6 is 0 Å². The summed E-state index contributed by atoms with van der Waals surface area (Å²) in [4.78, 5) is 38.8. The Morgan fingerprint density at radius 3 is 2.70 bits per heavy atom. The summed E-state index contributed by atoms with van der Waals surface area (Å²) >= 11 is 0. The first kappa shape index (κ1) is 15.1. The van der Waals surface area contributed by atoms with Crippen LogP contribution in [0.25, 0.3) is 10.9 Å².